The Labute approximate surface area is 86.9 Å². The predicted molar refractivity (Wildman–Crippen MR) is 60.7 cm³/mol. The molecule has 2 rings (SSSR count). The third-order valence-corrected chi connectivity index (χ3v) is 2.94. The van der Waals surface area contributed by atoms with Crippen LogP contribution in [-0.4, -0.2) is 7.11 Å². The Morgan fingerprint density at radius 2 is 2.07 bits per heavy atom. The highest BCUT2D eigenvalue weighted by atomic mass is 32.1. The first-order valence-electron chi connectivity index (χ1n) is 4.29. The second kappa shape index (κ2) is 3.72. The van der Waals surface area contributed by atoms with E-state index < -0.39 is 0 Å². The van der Waals surface area contributed by atoms with Crippen LogP contribution in [0.15, 0.2) is 36.4 Å². The fraction of sp³-hybridized carbons (Fsp3) is 0.0909. The summed E-state index contributed by atoms with van der Waals surface area (Å²) in [5.41, 5.74) is 6.82. The second-order valence-electron chi connectivity index (χ2n) is 2.93. The third-order valence-electron chi connectivity index (χ3n) is 1.98. The van der Waals surface area contributed by atoms with Crippen molar-refractivity contribution in [2.24, 2.45) is 0 Å². The van der Waals surface area contributed by atoms with Gasteiger partial charge in [0.15, 0.2) is 0 Å². The molecule has 0 fully saturated rings. The number of hydrogen-bond acceptors (Lipinski definition) is 3. The van der Waals surface area contributed by atoms with E-state index in [1.165, 1.54) is 4.88 Å². The molecule has 0 aliphatic carbocycles. The van der Waals surface area contributed by atoms with Gasteiger partial charge in [-0.3, -0.25) is 0 Å². The number of hydrogen-bond donors (Lipinski definition) is 1. The lowest BCUT2D eigenvalue weighted by atomic mass is 10.2. The van der Waals surface area contributed by atoms with Gasteiger partial charge in [-0.05, 0) is 29.8 Å². The number of benzene rings is 1. The molecule has 72 valence electrons. The molecule has 2 N–H and O–H groups in total. The molecule has 0 radical (unpaired) electrons. The number of nitrogen functional groups attached to an aromatic ring is 1. The zero-order valence-corrected chi connectivity index (χ0v) is 8.67. The summed E-state index contributed by atoms with van der Waals surface area (Å²) in [6.07, 6.45) is 0. The highest BCUT2D eigenvalue weighted by molar-refractivity contribution is 7.19. The zero-order chi connectivity index (χ0) is 9.97. The number of ether oxygens (including phenoxy) is 1. The molecule has 0 bridgehead atoms. The molecule has 3 heteroatoms. The molecule has 0 saturated carbocycles. The van der Waals surface area contributed by atoms with Gasteiger partial charge in [0.2, 0.25) is 0 Å². The Morgan fingerprint density at radius 1 is 1.21 bits per heavy atom. The molecule has 2 nitrogen and oxygen atoms in total. The van der Waals surface area contributed by atoms with E-state index in [1.54, 1.807) is 18.4 Å². The minimum absolute atomic E-state index is 0.836. The average Bonchev–Trinajstić information content (AvgIpc) is 2.65. The maximum Gasteiger partial charge on any atom is 0.119 e. The van der Waals surface area contributed by atoms with Crippen LogP contribution in [-0.2, 0) is 0 Å². The molecular formula is C11H11NOS. The summed E-state index contributed by atoms with van der Waals surface area (Å²) >= 11 is 1.58. The molecule has 0 atom stereocenters. The lowest BCUT2D eigenvalue weighted by molar-refractivity contribution is 0.415. The quantitative estimate of drug-likeness (QED) is 0.818. The Morgan fingerprint density at radius 3 is 2.71 bits per heavy atom. The van der Waals surface area contributed by atoms with Gasteiger partial charge in [-0.1, -0.05) is 12.1 Å². The van der Waals surface area contributed by atoms with E-state index in [4.69, 9.17) is 10.5 Å². The summed E-state index contributed by atoms with van der Waals surface area (Å²) in [5, 5.41) is 0.836. The van der Waals surface area contributed by atoms with E-state index in [2.05, 4.69) is 0 Å². The van der Waals surface area contributed by atoms with Crippen molar-refractivity contribution in [1.29, 1.82) is 0 Å². The van der Waals surface area contributed by atoms with Crippen molar-refractivity contribution in [2.75, 3.05) is 12.8 Å². The molecule has 1 heterocycles. The zero-order valence-electron chi connectivity index (χ0n) is 7.86. The fourth-order valence-electron chi connectivity index (χ4n) is 1.28. The molecule has 0 aliphatic rings. The van der Waals surface area contributed by atoms with Crippen LogP contribution < -0.4 is 10.5 Å². The highest BCUT2D eigenvalue weighted by Gasteiger charge is 2.01. The van der Waals surface area contributed by atoms with Crippen molar-refractivity contribution in [3.63, 3.8) is 0 Å². The summed E-state index contributed by atoms with van der Waals surface area (Å²) in [7, 11) is 1.67. The van der Waals surface area contributed by atoms with E-state index in [9.17, 15) is 0 Å². The average molecular weight is 205 g/mol. The van der Waals surface area contributed by atoms with E-state index in [-0.39, 0.29) is 0 Å². The van der Waals surface area contributed by atoms with E-state index in [1.807, 2.05) is 36.4 Å². The van der Waals surface area contributed by atoms with E-state index in [0.717, 1.165) is 16.3 Å². The van der Waals surface area contributed by atoms with Crippen molar-refractivity contribution >= 4 is 16.3 Å². The van der Waals surface area contributed by atoms with Gasteiger partial charge < -0.3 is 10.5 Å². The number of rotatable bonds is 2. The fourth-order valence-corrected chi connectivity index (χ4v) is 2.06. The monoisotopic (exact) mass is 205 g/mol. The third kappa shape index (κ3) is 1.72. The van der Waals surface area contributed by atoms with Crippen LogP contribution in [0, 0.1) is 0 Å². The summed E-state index contributed by atoms with van der Waals surface area (Å²) in [6.45, 7) is 0. The van der Waals surface area contributed by atoms with Crippen molar-refractivity contribution in [2.45, 2.75) is 0 Å². The largest absolute Gasteiger partial charge is 0.497 e. The van der Waals surface area contributed by atoms with Crippen molar-refractivity contribution in [3.8, 4) is 16.2 Å². The Bertz CT molecular complexity index is 436. The molecule has 0 aliphatic heterocycles. The molecular weight excluding hydrogens is 194 g/mol. The van der Waals surface area contributed by atoms with Gasteiger partial charge in [-0.25, -0.2) is 0 Å². The van der Waals surface area contributed by atoms with Crippen LogP contribution in [0.2, 0.25) is 0 Å². The minimum atomic E-state index is 0.836. The first kappa shape index (κ1) is 9.09. The number of nitrogens with two attached hydrogens (primary N) is 1. The van der Waals surface area contributed by atoms with Gasteiger partial charge in [-0.2, -0.15) is 0 Å². The van der Waals surface area contributed by atoms with Crippen LogP contribution >= 0.6 is 11.3 Å². The van der Waals surface area contributed by atoms with Crippen molar-refractivity contribution < 1.29 is 4.74 Å². The molecule has 0 saturated heterocycles. The van der Waals surface area contributed by atoms with Gasteiger partial charge in [0.05, 0.1) is 12.1 Å². The SMILES string of the molecule is COc1cccc(-c2ccc(N)s2)c1. The van der Waals surface area contributed by atoms with Gasteiger partial charge in [-0.15, -0.1) is 11.3 Å². The lowest BCUT2D eigenvalue weighted by Crippen LogP contribution is -1.81. The Balaban J connectivity index is 2.41. The topological polar surface area (TPSA) is 35.2 Å². The molecule has 2 aromatic rings. The number of methoxy groups -OCH3 is 1. The van der Waals surface area contributed by atoms with Crippen molar-refractivity contribution in [1.82, 2.24) is 0 Å². The van der Waals surface area contributed by atoms with Crippen molar-refractivity contribution in [3.05, 3.63) is 36.4 Å². The molecule has 0 unspecified atom stereocenters. The summed E-state index contributed by atoms with van der Waals surface area (Å²) in [4.78, 5) is 1.17. The maximum absolute atomic E-state index is 5.67. The highest BCUT2D eigenvalue weighted by Crippen LogP contribution is 2.31. The van der Waals surface area contributed by atoms with Gasteiger partial charge in [0.1, 0.15) is 5.75 Å². The van der Waals surface area contributed by atoms with E-state index >= 15 is 0 Å². The lowest BCUT2D eigenvalue weighted by Gasteiger charge is -2.01. The summed E-state index contributed by atoms with van der Waals surface area (Å²) < 4.78 is 5.16. The van der Waals surface area contributed by atoms with Crippen LogP contribution in [0.25, 0.3) is 10.4 Å². The van der Waals surface area contributed by atoms with Crippen LogP contribution in [0.4, 0.5) is 5.00 Å². The van der Waals surface area contributed by atoms with Crippen LogP contribution in [0.1, 0.15) is 0 Å². The number of anilines is 1. The van der Waals surface area contributed by atoms with Gasteiger partial charge in [0, 0.05) is 4.88 Å². The van der Waals surface area contributed by atoms with Crippen LogP contribution in [0.3, 0.4) is 0 Å². The number of thiophene rings is 1. The van der Waals surface area contributed by atoms with E-state index in [0.29, 0.717) is 0 Å². The normalized spacial score (nSPS) is 10.1. The molecule has 0 spiro atoms. The molecule has 0 amide bonds. The standard InChI is InChI=1S/C11H11NOS/c1-13-9-4-2-3-8(7-9)10-5-6-11(12)14-10/h2-7H,12H2,1H3. The van der Waals surface area contributed by atoms with Gasteiger partial charge >= 0.3 is 0 Å². The Kier molecular flexibility index (Phi) is 2.41. The predicted octanol–water partition coefficient (Wildman–Crippen LogP) is 3.01. The maximum atomic E-state index is 5.67. The minimum Gasteiger partial charge on any atom is -0.497 e. The first-order valence-corrected chi connectivity index (χ1v) is 5.11. The molecule has 1 aromatic carbocycles. The Hall–Kier alpha value is -1.48. The van der Waals surface area contributed by atoms with Crippen LogP contribution in [0.5, 0.6) is 5.75 Å². The summed E-state index contributed by atoms with van der Waals surface area (Å²) in [6, 6.07) is 11.9. The smallest absolute Gasteiger partial charge is 0.119 e. The van der Waals surface area contributed by atoms with Gasteiger partial charge in [0.25, 0.3) is 0 Å². The second-order valence-corrected chi connectivity index (χ2v) is 4.05. The molecule has 14 heavy (non-hydrogen) atoms. The first-order chi connectivity index (χ1) is 6.79. The molecule has 1 aromatic heterocycles. The summed E-state index contributed by atoms with van der Waals surface area (Å²) in [5.74, 6) is 0.870.